The molecule has 2 fully saturated rings. The van der Waals surface area contributed by atoms with E-state index in [1.165, 1.54) is 32.1 Å². The monoisotopic (exact) mass is 267 g/mol. The molecule has 2 aliphatic heterocycles. The van der Waals surface area contributed by atoms with Crippen molar-refractivity contribution in [2.75, 3.05) is 13.1 Å². The normalized spacial score (nSPS) is 31.7. The van der Waals surface area contributed by atoms with E-state index in [9.17, 15) is 0 Å². The van der Waals surface area contributed by atoms with Crippen molar-refractivity contribution in [2.24, 2.45) is 0 Å². The van der Waals surface area contributed by atoms with Gasteiger partial charge in [0.1, 0.15) is 0 Å². The maximum absolute atomic E-state index is 5.29. The Morgan fingerprint density at radius 1 is 1.39 bits per heavy atom. The van der Waals surface area contributed by atoms with Crippen LogP contribution < -0.4 is 10.6 Å². The first-order chi connectivity index (χ1) is 8.74. The highest BCUT2D eigenvalue weighted by Gasteiger charge is 2.37. The Bertz CT molecular complexity index is 291. The second-order valence-corrected chi connectivity index (χ2v) is 5.80. The molecule has 2 aliphatic rings. The van der Waals surface area contributed by atoms with Crippen LogP contribution in [-0.4, -0.2) is 41.2 Å². The zero-order chi connectivity index (χ0) is 13.0. The summed E-state index contributed by atoms with van der Waals surface area (Å²) in [5, 5.41) is 7.48. The molecule has 0 radical (unpaired) electrons. The van der Waals surface area contributed by atoms with Crippen molar-refractivity contribution >= 4 is 17.3 Å². The van der Waals surface area contributed by atoms with E-state index in [0.717, 1.165) is 30.3 Å². The quantitative estimate of drug-likeness (QED) is 0.602. The molecule has 4 heteroatoms. The molecule has 2 bridgehead atoms. The molecule has 2 saturated heterocycles. The van der Waals surface area contributed by atoms with Crippen LogP contribution in [0.1, 0.15) is 39.0 Å². The molecule has 0 aromatic rings. The fraction of sp³-hybridized carbons (Fsp3) is 0.786. The SMILES string of the molecule is C=CCN1C2CCCC1CC(NC(=S)NCC)C2. The van der Waals surface area contributed by atoms with Gasteiger partial charge < -0.3 is 10.6 Å². The fourth-order valence-electron chi connectivity index (χ4n) is 3.44. The predicted octanol–water partition coefficient (Wildman–Crippen LogP) is 2.04. The zero-order valence-electron chi connectivity index (χ0n) is 11.3. The number of thiocarbonyl (C=S) groups is 1. The molecule has 0 aromatic heterocycles. The highest BCUT2D eigenvalue weighted by atomic mass is 32.1. The van der Waals surface area contributed by atoms with Gasteiger partial charge in [-0.05, 0) is 44.8 Å². The summed E-state index contributed by atoms with van der Waals surface area (Å²) in [5.41, 5.74) is 0. The van der Waals surface area contributed by atoms with E-state index >= 15 is 0 Å². The number of nitrogens with zero attached hydrogens (tertiary/aromatic N) is 1. The summed E-state index contributed by atoms with van der Waals surface area (Å²) in [6.07, 6.45) is 8.52. The summed E-state index contributed by atoms with van der Waals surface area (Å²) in [6.45, 7) is 7.90. The minimum Gasteiger partial charge on any atom is -0.363 e. The Kier molecular flexibility index (Phi) is 5.01. The molecular formula is C14H25N3S. The molecule has 2 rings (SSSR count). The highest BCUT2D eigenvalue weighted by molar-refractivity contribution is 7.80. The molecule has 102 valence electrons. The van der Waals surface area contributed by atoms with Crippen LogP contribution in [0.25, 0.3) is 0 Å². The summed E-state index contributed by atoms with van der Waals surface area (Å²) in [4.78, 5) is 2.64. The Labute approximate surface area is 116 Å². The maximum atomic E-state index is 5.29. The van der Waals surface area contributed by atoms with Gasteiger partial charge in [-0.2, -0.15) is 0 Å². The lowest BCUT2D eigenvalue weighted by atomic mass is 9.82. The minimum absolute atomic E-state index is 0.549. The van der Waals surface area contributed by atoms with Crippen LogP contribution in [0.2, 0.25) is 0 Å². The van der Waals surface area contributed by atoms with Crippen molar-refractivity contribution in [1.29, 1.82) is 0 Å². The number of fused-ring (bicyclic) bond motifs is 2. The van der Waals surface area contributed by atoms with E-state index in [1.807, 2.05) is 6.08 Å². The van der Waals surface area contributed by atoms with Gasteiger partial charge in [-0.25, -0.2) is 0 Å². The van der Waals surface area contributed by atoms with Gasteiger partial charge in [-0.3, -0.25) is 4.90 Å². The first-order valence-corrected chi connectivity index (χ1v) is 7.56. The van der Waals surface area contributed by atoms with E-state index in [2.05, 4.69) is 29.0 Å². The van der Waals surface area contributed by atoms with Gasteiger partial charge in [0, 0.05) is 31.2 Å². The third-order valence-electron chi connectivity index (χ3n) is 4.14. The van der Waals surface area contributed by atoms with Crippen molar-refractivity contribution in [3.05, 3.63) is 12.7 Å². The summed E-state index contributed by atoms with van der Waals surface area (Å²) >= 11 is 5.29. The van der Waals surface area contributed by atoms with Crippen molar-refractivity contribution in [1.82, 2.24) is 15.5 Å². The predicted molar refractivity (Wildman–Crippen MR) is 80.8 cm³/mol. The van der Waals surface area contributed by atoms with Crippen LogP contribution in [0, 0.1) is 0 Å². The number of piperidine rings is 2. The smallest absolute Gasteiger partial charge is 0.166 e. The Morgan fingerprint density at radius 3 is 2.61 bits per heavy atom. The van der Waals surface area contributed by atoms with Crippen LogP contribution in [0.5, 0.6) is 0 Å². The molecule has 3 nitrogen and oxygen atoms in total. The standard InChI is InChI=1S/C14H25N3S/c1-3-8-17-12-6-5-7-13(17)10-11(9-12)16-14(18)15-4-2/h3,11-13H,1,4-10H2,2H3,(H2,15,16,18). The molecule has 0 spiro atoms. The maximum Gasteiger partial charge on any atom is 0.166 e. The minimum atomic E-state index is 0.549. The fourth-order valence-corrected chi connectivity index (χ4v) is 3.75. The van der Waals surface area contributed by atoms with E-state index < -0.39 is 0 Å². The molecule has 2 N–H and O–H groups in total. The number of nitrogens with one attached hydrogen (secondary N) is 2. The molecule has 18 heavy (non-hydrogen) atoms. The first kappa shape index (κ1) is 13.8. The number of hydrogen-bond acceptors (Lipinski definition) is 2. The van der Waals surface area contributed by atoms with Crippen LogP contribution in [0.4, 0.5) is 0 Å². The van der Waals surface area contributed by atoms with Crippen molar-refractivity contribution in [3.8, 4) is 0 Å². The summed E-state index contributed by atoms with van der Waals surface area (Å²) in [7, 11) is 0. The average Bonchev–Trinajstić information content (AvgIpc) is 2.30. The van der Waals surface area contributed by atoms with Crippen molar-refractivity contribution < 1.29 is 0 Å². The lowest BCUT2D eigenvalue weighted by Crippen LogP contribution is -2.57. The highest BCUT2D eigenvalue weighted by Crippen LogP contribution is 2.33. The van der Waals surface area contributed by atoms with E-state index in [1.54, 1.807) is 0 Å². The summed E-state index contributed by atoms with van der Waals surface area (Å²) in [5.74, 6) is 0. The van der Waals surface area contributed by atoms with Crippen molar-refractivity contribution in [2.45, 2.75) is 57.2 Å². The van der Waals surface area contributed by atoms with E-state index in [0.29, 0.717) is 6.04 Å². The molecule has 2 unspecified atom stereocenters. The van der Waals surface area contributed by atoms with Crippen LogP contribution in [0.3, 0.4) is 0 Å². The lowest BCUT2D eigenvalue weighted by Gasteiger charge is -2.48. The second kappa shape index (κ2) is 6.53. The van der Waals surface area contributed by atoms with Crippen LogP contribution in [-0.2, 0) is 0 Å². The van der Waals surface area contributed by atoms with Gasteiger partial charge in [-0.1, -0.05) is 12.5 Å². The van der Waals surface area contributed by atoms with Crippen LogP contribution >= 0.6 is 12.2 Å². The summed E-state index contributed by atoms with van der Waals surface area (Å²) < 4.78 is 0. The molecule has 2 heterocycles. The summed E-state index contributed by atoms with van der Waals surface area (Å²) in [6, 6.07) is 1.99. The molecule has 0 aromatic carbocycles. The van der Waals surface area contributed by atoms with E-state index in [4.69, 9.17) is 12.2 Å². The second-order valence-electron chi connectivity index (χ2n) is 5.40. The first-order valence-electron chi connectivity index (χ1n) is 7.15. The van der Waals surface area contributed by atoms with Gasteiger partial charge in [0.05, 0.1) is 0 Å². The van der Waals surface area contributed by atoms with Gasteiger partial charge in [0.15, 0.2) is 5.11 Å². The number of hydrogen-bond donors (Lipinski definition) is 2. The largest absolute Gasteiger partial charge is 0.363 e. The van der Waals surface area contributed by atoms with Crippen LogP contribution in [0.15, 0.2) is 12.7 Å². The number of rotatable bonds is 4. The van der Waals surface area contributed by atoms with Gasteiger partial charge in [-0.15, -0.1) is 6.58 Å². The Balaban J connectivity index is 1.91. The molecule has 2 atom stereocenters. The Hall–Kier alpha value is -0.610. The molecule has 0 amide bonds. The lowest BCUT2D eigenvalue weighted by molar-refractivity contribution is 0.0388. The Morgan fingerprint density at radius 2 is 2.06 bits per heavy atom. The zero-order valence-corrected chi connectivity index (χ0v) is 12.1. The van der Waals surface area contributed by atoms with Crippen molar-refractivity contribution in [3.63, 3.8) is 0 Å². The third kappa shape index (κ3) is 3.23. The molecular weight excluding hydrogens is 242 g/mol. The van der Waals surface area contributed by atoms with Gasteiger partial charge in [0.25, 0.3) is 0 Å². The van der Waals surface area contributed by atoms with E-state index in [-0.39, 0.29) is 0 Å². The topological polar surface area (TPSA) is 27.3 Å². The van der Waals surface area contributed by atoms with Gasteiger partial charge >= 0.3 is 0 Å². The molecule has 0 saturated carbocycles. The molecule has 0 aliphatic carbocycles. The average molecular weight is 267 g/mol. The third-order valence-corrected chi connectivity index (χ3v) is 4.40. The van der Waals surface area contributed by atoms with Gasteiger partial charge in [0.2, 0.25) is 0 Å².